The Morgan fingerprint density at radius 3 is 2.62 bits per heavy atom. The van der Waals surface area contributed by atoms with E-state index in [0.29, 0.717) is 19.3 Å². The van der Waals surface area contributed by atoms with Crippen LogP contribution in [0, 0.1) is 11.8 Å². The zero-order valence-electron chi connectivity index (χ0n) is 16.2. The Labute approximate surface area is 157 Å². The maximum atomic E-state index is 10.5. The lowest BCUT2D eigenvalue weighted by atomic mass is 9.89. The van der Waals surface area contributed by atoms with Crippen molar-refractivity contribution in [3.63, 3.8) is 0 Å². The fourth-order valence-electron chi connectivity index (χ4n) is 3.59. The predicted octanol–water partition coefficient (Wildman–Crippen LogP) is 3.70. The number of aliphatic carboxylic acids is 1. The quantitative estimate of drug-likeness (QED) is 0.341. The van der Waals surface area contributed by atoms with Crippen molar-refractivity contribution in [1.29, 1.82) is 0 Å². The van der Waals surface area contributed by atoms with Gasteiger partial charge in [0, 0.05) is 25.9 Å². The molecule has 5 unspecified atom stereocenters. The number of rotatable bonds is 13. The molecule has 1 fully saturated rings. The summed E-state index contributed by atoms with van der Waals surface area (Å²) in [5.41, 5.74) is 0. The van der Waals surface area contributed by atoms with Crippen LogP contribution in [0.15, 0.2) is 24.3 Å². The van der Waals surface area contributed by atoms with Crippen molar-refractivity contribution in [2.24, 2.45) is 11.8 Å². The van der Waals surface area contributed by atoms with Crippen LogP contribution in [-0.2, 0) is 9.53 Å². The number of methoxy groups -OCH3 is 1. The van der Waals surface area contributed by atoms with E-state index >= 15 is 0 Å². The molecule has 1 rings (SSSR count). The van der Waals surface area contributed by atoms with Gasteiger partial charge in [0.25, 0.3) is 0 Å². The third-order valence-corrected chi connectivity index (χ3v) is 5.20. The summed E-state index contributed by atoms with van der Waals surface area (Å²) in [7, 11) is 1.71. The molecule has 0 aromatic heterocycles. The SMILES string of the molecule is CCCCCC(C=CC1C(O)CC(O)C1CC=CCCCC(=O)O)OC. The summed E-state index contributed by atoms with van der Waals surface area (Å²) in [5.74, 6) is -0.854. The highest BCUT2D eigenvalue weighted by atomic mass is 16.5. The number of unbranched alkanes of at least 4 members (excludes halogenated alkanes) is 3. The summed E-state index contributed by atoms with van der Waals surface area (Å²) in [5, 5.41) is 29.2. The first-order valence-corrected chi connectivity index (χ1v) is 9.93. The molecule has 0 saturated heterocycles. The molecule has 1 aliphatic carbocycles. The Kier molecular flexibility index (Phi) is 11.5. The van der Waals surface area contributed by atoms with E-state index in [9.17, 15) is 15.0 Å². The molecule has 0 aromatic rings. The van der Waals surface area contributed by atoms with Crippen molar-refractivity contribution in [1.82, 2.24) is 0 Å². The zero-order chi connectivity index (χ0) is 19.4. The summed E-state index contributed by atoms with van der Waals surface area (Å²) in [6.07, 6.45) is 14.1. The Balaban J connectivity index is 2.53. The molecule has 5 nitrogen and oxygen atoms in total. The van der Waals surface area contributed by atoms with Crippen LogP contribution < -0.4 is 0 Å². The molecule has 0 spiro atoms. The van der Waals surface area contributed by atoms with Gasteiger partial charge in [0.15, 0.2) is 0 Å². The average Bonchev–Trinajstić information content (AvgIpc) is 2.87. The lowest BCUT2D eigenvalue weighted by Gasteiger charge is -2.20. The van der Waals surface area contributed by atoms with Crippen LogP contribution in [0.3, 0.4) is 0 Å². The number of allylic oxidation sites excluding steroid dienone is 2. The molecule has 0 heterocycles. The number of carboxylic acid groups (broad SMARTS) is 1. The maximum absolute atomic E-state index is 10.5. The highest BCUT2D eigenvalue weighted by Gasteiger charge is 2.39. The molecular formula is C21H36O5. The summed E-state index contributed by atoms with van der Waals surface area (Å²) in [6.45, 7) is 2.17. The van der Waals surface area contributed by atoms with Gasteiger partial charge in [-0.3, -0.25) is 4.79 Å². The van der Waals surface area contributed by atoms with Crippen LogP contribution in [0.25, 0.3) is 0 Å². The smallest absolute Gasteiger partial charge is 0.303 e. The molecule has 26 heavy (non-hydrogen) atoms. The second-order valence-electron chi connectivity index (χ2n) is 7.26. The summed E-state index contributed by atoms with van der Waals surface area (Å²) in [6, 6.07) is 0. The largest absolute Gasteiger partial charge is 0.481 e. The van der Waals surface area contributed by atoms with Gasteiger partial charge in [-0.1, -0.05) is 50.5 Å². The van der Waals surface area contributed by atoms with Crippen LogP contribution in [0.2, 0.25) is 0 Å². The normalized spacial score (nSPS) is 27.5. The molecule has 0 radical (unpaired) electrons. The van der Waals surface area contributed by atoms with Gasteiger partial charge in [-0.25, -0.2) is 0 Å². The van der Waals surface area contributed by atoms with Gasteiger partial charge in [0.2, 0.25) is 0 Å². The Bertz CT molecular complexity index is 446. The topological polar surface area (TPSA) is 87.0 Å². The Hall–Kier alpha value is -1.17. The Morgan fingerprint density at radius 1 is 1.19 bits per heavy atom. The van der Waals surface area contributed by atoms with Gasteiger partial charge >= 0.3 is 5.97 Å². The van der Waals surface area contributed by atoms with Crippen molar-refractivity contribution in [3.8, 4) is 0 Å². The number of aliphatic hydroxyl groups excluding tert-OH is 2. The lowest BCUT2D eigenvalue weighted by Crippen LogP contribution is -2.20. The highest BCUT2D eigenvalue weighted by Crippen LogP contribution is 2.36. The lowest BCUT2D eigenvalue weighted by molar-refractivity contribution is -0.137. The molecule has 150 valence electrons. The van der Waals surface area contributed by atoms with Crippen LogP contribution >= 0.6 is 0 Å². The minimum Gasteiger partial charge on any atom is -0.481 e. The second-order valence-corrected chi connectivity index (χ2v) is 7.26. The van der Waals surface area contributed by atoms with Crippen molar-refractivity contribution in [3.05, 3.63) is 24.3 Å². The second kappa shape index (κ2) is 13.1. The third kappa shape index (κ3) is 8.47. The first-order chi connectivity index (χ1) is 12.5. The molecule has 0 bridgehead atoms. The fourth-order valence-corrected chi connectivity index (χ4v) is 3.59. The van der Waals surface area contributed by atoms with E-state index in [2.05, 4.69) is 6.92 Å². The molecule has 1 saturated carbocycles. The van der Waals surface area contributed by atoms with Crippen molar-refractivity contribution in [2.75, 3.05) is 7.11 Å². The number of ether oxygens (including phenoxy) is 1. The van der Waals surface area contributed by atoms with Crippen LogP contribution in [0.1, 0.15) is 64.7 Å². The molecular weight excluding hydrogens is 332 g/mol. The van der Waals surface area contributed by atoms with E-state index < -0.39 is 18.2 Å². The van der Waals surface area contributed by atoms with Crippen LogP contribution in [0.4, 0.5) is 0 Å². The molecule has 5 heteroatoms. The third-order valence-electron chi connectivity index (χ3n) is 5.20. The van der Waals surface area contributed by atoms with Crippen LogP contribution in [0.5, 0.6) is 0 Å². The van der Waals surface area contributed by atoms with E-state index in [1.54, 1.807) is 7.11 Å². The monoisotopic (exact) mass is 368 g/mol. The van der Waals surface area contributed by atoms with E-state index in [0.717, 1.165) is 19.3 Å². The average molecular weight is 369 g/mol. The van der Waals surface area contributed by atoms with E-state index in [4.69, 9.17) is 9.84 Å². The summed E-state index contributed by atoms with van der Waals surface area (Å²) in [4.78, 5) is 10.5. The Morgan fingerprint density at radius 2 is 1.96 bits per heavy atom. The van der Waals surface area contributed by atoms with Gasteiger partial charge in [-0.15, -0.1) is 0 Å². The molecule has 0 aromatic carbocycles. The molecule has 3 N–H and O–H groups in total. The molecule has 0 amide bonds. The molecule has 0 aliphatic heterocycles. The highest BCUT2D eigenvalue weighted by molar-refractivity contribution is 5.66. The minimum absolute atomic E-state index is 0.00915. The first-order valence-electron chi connectivity index (χ1n) is 9.93. The first kappa shape index (κ1) is 22.9. The number of hydrogen-bond donors (Lipinski definition) is 3. The minimum atomic E-state index is -0.774. The summed E-state index contributed by atoms with van der Waals surface area (Å²) < 4.78 is 5.51. The number of hydrogen-bond acceptors (Lipinski definition) is 4. The van der Waals surface area contributed by atoms with Crippen molar-refractivity contribution >= 4 is 5.97 Å². The van der Waals surface area contributed by atoms with Crippen molar-refractivity contribution < 1.29 is 24.9 Å². The van der Waals surface area contributed by atoms with E-state index in [1.165, 1.54) is 12.8 Å². The summed E-state index contributed by atoms with van der Waals surface area (Å²) >= 11 is 0. The number of carboxylic acids is 1. The zero-order valence-corrected chi connectivity index (χ0v) is 16.2. The van der Waals surface area contributed by atoms with Gasteiger partial charge < -0.3 is 20.1 Å². The van der Waals surface area contributed by atoms with Crippen LogP contribution in [-0.4, -0.2) is 46.7 Å². The van der Waals surface area contributed by atoms with Gasteiger partial charge in [-0.05, 0) is 31.6 Å². The van der Waals surface area contributed by atoms with Gasteiger partial charge in [0.05, 0.1) is 18.3 Å². The van der Waals surface area contributed by atoms with E-state index in [-0.39, 0.29) is 24.4 Å². The van der Waals surface area contributed by atoms with Crippen molar-refractivity contribution in [2.45, 2.75) is 83.0 Å². The fraction of sp³-hybridized carbons (Fsp3) is 0.762. The predicted molar refractivity (Wildman–Crippen MR) is 103 cm³/mol. The van der Waals surface area contributed by atoms with Gasteiger partial charge in [-0.2, -0.15) is 0 Å². The maximum Gasteiger partial charge on any atom is 0.303 e. The number of aliphatic hydroxyl groups is 2. The van der Waals surface area contributed by atoms with E-state index in [1.807, 2.05) is 24.3 Å². The molecule has 1 aliphatic rings. The van der Waals surface area contributed by atoms with Gasteiger partial charge in [0.1, 0.15) is 0 Å². The number of carbonyl (C=O) groups is 1. The molecule has 5 atom stereocenters. The standard InChI is InChI=1S/C21H36O5/c1-3-4-7-10-16(26-2)13-14-18-17(19(22)15-20(18)23)11-8-5-6-9-12-21(24)25/h5,8,13-14,16-20,22-23H,3-4,6-7,9-12,15H2,1-2H3,(H,24,25).